The number of morpholine rings is 1. The van der Waals surface area contributed by atoms with Gasteiger partial charge in [-0.2, -0.15) is 0 Å². The molecule has 0 spiro atoms. The highest BCUT2D eigenvalue weighted by atomic mass is 16.5. The number of hydrogen-bond acceptors (Lipinski definition) is 7. The summed E-state index contributed by atoms with van der Waals surface area (Å²) in [5.74, 6) is 2.54. The maximum Gasteiger partial charge on any atom is 0.143 e. The lowest BCUT2D eigenvalue weighted by Crippen LogP contribution is -2.37. The summed E-state index contributed by atoms with van der Waals surface area (Å²) in [6.45, 7) is 11.0. The third-order valence-electron chi connectivity index (χ3n) is 3.81. The van der Waals surface area contributed by atoms with Gasteiger partial charge in [0.2, 0.25) is 0 Å². The molecule has 132 valence electrons. The van der Waals surface area contributed by atoms with Crippen molar-refractivity contribution in [2.75, 3.05) is 45.3 Å². The summed E-state index contributed by atoms with van der Waals surface area (Å²) >= 11 is 0. The van der Waals surface area contributed by atoms with Crippen LogP contribution in [0, 0.1) is 27.7 Å². The van der Waals surface area contributed by atoms with E-state index in [-0.39, 0.29) is 0 Å². The van der Waals surface area contributed by atoms with Crippen molar-refractivity contribution in [3.05, 3.63) is 22.8 Å². The molecule has 2 aromatic rings. The van der Waals surface area contributed by atoms with Gasteiger partial charge in [-0.25, -0.2) is 9.97 Å². The molecular formula is C17H27N5O2. The summed E-state index contributed by atoms with van der Waals surface area (Å²) < 4.78 is 10.7. The van der Waals surface area contributed by atoms with Crippen LogP contribution >= 0.6 is 0 Å². The van der Waals surface area contributed by atoms with Crippen LogP contribution in [0.2, 0.25) is 0 Å². The van der Waals surface area contributed by atoms with Crippen LogP contribution in [0.4, 0.5) is 5.82 Å². The van der Waals surface area contributed by atoms with Crippen LogP contribution in [0.15, 0.2) is 4.52 Å². The molecule has 0 aromatic carbocycles. The summed E-state index contributed by atoms with van der Waals surface area (Å²) in [5.41, 5.74) is 3.83. The molecule has 3 rings (SSSR count). The van der Waals surface area contributed by atoms with Gasteiger partial charge < -0.3 is 19.5 Å². The van der Waals surface area contributed by atoms with E-state index in [1.165, 1.54) is 0 Å². The van der Waals surface area contributed by atoms with Crippen LogP contribution in [0.1, 0.15) is 22.8 Å². The molecule has 1 aliphatic heterocycles. The lowest BCUT2D eigenvalue weighted by Gasteiger charge is -2.29. The molecule has 7 nitrogen and oxygen atoms in total. The second-order valence-corrected chi connectivity index (χ2v) is 5.87. The maximum absolute atomic E-state index is 5.42. The van der Waals surface area contributed by atoms with Crippen molar-refractivity contribution in [1.82, 2.24) is 20.4 Å². The molecule has 0 saturated carbocycles. The van der Waals surface area contributed by atoms with Gasteiger partial charge in [-0.15, -0.1) is 0 Å². The SMILES string of the molecule is CNC.Cc1nc(-c2c(C)noc2C)c(C)c(N2CCOCC2)n1. The first-order valence-electron chi connectivity index (χ1n) is 8.19. The van der Waals surface area contributed by atoms with E-state index in [1.54, 1.807) is 0 Å². The monoisotopic (exact) mass is 333 g/mol. The Kier molecular flexibility index (Phi) is 6.28. The zero-order valence-corrected chi connectivity index (χ0v) is 15.4. The van der Waals surface area contributed by atoms with Crippen molar-refractivity contribution in [2.24, 2.45) is 0 Å². The molecule has 1 aliphatic rings. The van der Waals surface area contributed by atoms with Crippen LogP contribution < -0.4 is 10.2 Å². The molecule has 7 heteroatoms. The lowest BCUT2D eigenvalue weighted by molar-refractivity contribution is 0.122. The van der Waals surface area contributed by atoms with Crippen molar-refractivity contribution >= 4 is 5.82 Å². The molecule has 1 N–H and O–H groups in total. The van der Waals surface area contributed by atoms with Gasteiger partial charge in [0.15, 0.2) is 0 Å². The Morgan fingerprint density at radius 1 is 1.00 bits per heavy atom. The van der Waals surface area contributed by atoms with Crippen molar-refractivity contribution in [3.8, 4) is 11.3 Å². The number of hydrogen-bond donors (Lipinski definition) is 1. The Hall–Kier alpha value is -1.99. The summed E-state index contributed by atoms with van der Waals surface area (Å²) in [6, 6.07) is 0. The topological polar surface area (TPSA) is 76.3 Å². The highest BCUT2D eigenvalue weighted by molar-refractivity contribution is 5.71. The predicted octanol–water partition coefficient (Wildman–Crippen LogP) is 2.04. The Labute approximate surface area is 143 Å². The van der Waals surface area contributed by atoms with E-state index in [0.29, 0.717) is 0 Å². The van der Waals surface area contributed by atoms with Gasteiger partial charge in [0.05, 0.1) is 30.2 Å². The molecule has 3 heterocycles. The van der Waals surface area contributed by atoms with E-state index in [1.807, 2.05) is 34.9 Å². The molecule has 0 unspecified atom stereocenters. The maximum atomic E-state index is 5.42. The van der Waals surface area contributed by atoms with Gasteiger partial charge in [0.1, 0.15) is 17.4 Å². The number of nitrogens with one attached hydrogen (secondary N) is 1. The first kappa shape index (κ1) is 18.4. The molecule has 1 saturated heterocycles. The van der Waals surface area contributed by atoms with E-state index >= 15 is 0 Å². The largest absolute Gasteiger partial charge is 0.378 e. The van der Waals surface area contributed by atoms with Crippen molar-refractivity contribution in [1.29, 1.82) is 0 Å². The van der Waals surface area contributed by atoms with Gasteiger partial charge in [0, 0.05) is 18.7 Å². The third kappa shape index (κ3) is 3.91. The minimum absolute atomic E-state index is 0.739. The first-order valence-corrected chi connectivity index (χ1v) is 8.19. The van der Waals surface area contributed by atoms with Crippen LogP contribution in [-0.4, -0.2) is 55.5 Å². The molecule has 0 amide bonds. The van der Waals surface area contributed by atoms with E-state index in [4.69, 9.17) is 9.26 Å². The number of rotatable bonds is 2. The van der Waals surface area contributed by atoms with Gasteiger partial charge in [0.25, 0.3) is 0 Å². The fourth-order valence-electron chi connectivity index (χ4n) is 2.76. The molecule has 0 atom stereocenters. The van der Waals surface area contributed by atoms with Gasteiger partial charge >= 0.3 is 0 Å². The van der Waals surface area contributed by atoms with Gasteiger partial charge in [-0.1, -0.05) is 5.16 Å². The summed E-state index contributed by atoms with van der Waals surface area (Å²) in [5, 5.41) is 6.79. The highest BCUT2D eigenvalue weighted by Gasteiger charge is 2.22. The van der Waals surface area contributed by atoms with Crippen molar-refractivity contribution in [2.45, 2.75) is 27.7 Å². The molecule has 0 bridgehead atoms. The number of aryl methyl sites for hydroxylation is 3. The molecular weight excluding hydrogens is 306 g/mol. The van der Waals surface area contributed by atoms with Gasteiger partial charge in [-0.3, -0.25) is 0 Å². The average molecular weight is 333 g/mol. The van der Waals surface area contributed by atoms with Crippen LogP contribution in [0.25, 0.3) is 11.3 Å². The van der Waals surface area contributed by atoms with Crippen LogP contribution in [-0.2, 0) is 4.74 Å². The van der Waals surface area contributed by atoms with Crippen LogP contribution in [0.3, 0.4) is 0 Å². The summed E-state index contributed by atoms with van der Waals surface area (Å²) in [6.07, 6.45) is 0. The number of anilines is 1. The van der Waals surface area contributed by atoms with E-state index in [0.717, 1.165) is 66.2 Å². The predicted molar refractivity (Wildman–Crippen MR) is 94.5 cm³/mol. The second-order valence-electron chi connectivity index (χ2n) is 5.87. The summed E-state index contributed by atoms with van der Waals surface area (Å²) in [4.78, 5) is 11.5. The molecule has 1 fully saturated rings. The average Bonchev–Trinajstić information content (AvgIpc) is 2.90. The Morgan fingerprint density at radius 3 is 2.17 bits per heavy atom. The zero-order valence-electron chi connectivity index (χ0n) is 15.4. The Bertz CT molecular complexity index is 658. The zero-order chi connectivity index (χ0) is 17.7. The lowest BCUT2D eigenvalue weighted by atomic mass is 10.1. The number of ether oxygens (including phenoxy) is 1. The summed E-state index contributed by atoms with van der Waals surface area (Å²) in [7, 11) is 3.75. The smallest absolute Gasteiger partial charge is 0.143 e. The highest BCUT2D eigenvalue weighted by Crippen LogP contribution is 2.32. The normalized spacial score (nSPS) is 14.3. The fraction of sp³-hybridized carbons (Fsp3) is 0.588. The fourth-order valence-corrected chi connectivity index (χ4v) is 2.76. The Morgan fingerprint density at radius 2 is 1.62 bits per heavy atom. The van der Waals surface area contributed by atoms with Gasteiger partial charge in [-0.05, 0) is 41.8 Å². The molecule has 24 heavy (non-hydrogen) atoms. The number of aromatic nitrogens is 3. The van der Waals surface area contributed by atoms with E-state index in [9.17, 15) is 0 Å². The first-order chi connectivity index (χ1) is 11.5. The van der Waals surface area contributed by atoms with Crippen LogP contribution in [0.5, 0.6) is 0 Å². The quantitative estimate of drug-likeness (QED) is 0.901. The van der Waals surface area contributed by atoms with Crippen molar-refractivity contribution in [3.63, 3.8) is 0 Å². The van der Waals surface area contributed by atoms with E-state index in [2.05, 4.69) is 32.3 Å². The second kappa shape index (κ2) is 8.21. The Balaban J connectivity index is 0.000000647. The minimum atomic E-state index is 0.739. The molecule has 2 aromatic heterocycles. The standard InChI is InChI=1S/C15H20N4O2.C2H7N/c1-9-14(13-10(2)18-21-11(13)3)16-12(4)17-15(9)19-5-7-20-8-6-19;1-3-2/h5-8H2,1-4H3;3H,1-2H3. The number of nitrogens with zero attached hydrogens (tertiary/aromatic N) is 4. The molecule has 0 radical (unpaired) electrons. The van der Waals surface area contributed by atoms with Crippen molar-refractivity contribution < 1.29 is 9.26 Å². The van der Waals surface area contributed by atoms with E-state index < -0.39 is 0 Å². The molecule has 0 aliphatic carbocycles. The minimum Gasteiger partial charge on any atom is -0.378 e. The third-order valence-corrected chi connectivity index (χ3v) is 3.81.